The van der Waals surface area contributed by atoms with Crippen LogP contribution in [0.2, 0.25) is 0 Å². The number of carbonyl (C=O) groups excluding carboxylic acids is 1. The lowest BCUT2D eigenvalue weighted by molar-refractivity contribution is -0.117. The molecule has 0 radical (unpaired) electrons. The maximum absolute atomic E-state index is 12.1. The second-order valence-electron chi connectivity index (χ2n) is 5.09. The Bertz CT molecular complexity index is 553. The molecule has 0 aliphatic carbocycles. The lowest BCUT2D eigenvalue weighted by atomic mass is 10.1. The molecular weight excluding hydrogens is 264 g/mol. The van der Waals surface area contributed by atoms with Gasteiger partial charge in [-0.15, -0.1) is 0 Å². The van der Waals surface area contributed by atoms with Gasteiger partial charge in [0.25, 0.3) is 5.91 Å². The molecule has 5 nitrogen and oxygen atoms in total. The summed E-state index contributed by atoms with van der Waals surface area (Å²) in [5.74, 6) is -0.118. The molecule has 3 N–H and O–H groups in total. The van der Waals surface area contributed by atoms with Gasteiger partial charge < -0.3 is 16.0 Å². The first-order valence-corrected chi connectivity index (χ1v) is 7.19. The van der Waals surface area contributed by atoms with Crippen LogP contribution in [-0.4, -0.2) is 23.9 Å². The van der Waals surface area contributed by atoms with E-state index in [1.807, 2.05) is 41.3 Å². The van der Waals surface area contributed by atoms with Crippen LogP contribution in [0.5, 0.6) is 0 Å². The molecule has 1 heterocycles. The summed E-state index contributed by atoms with van der Waals surface area (Å²) < 4.78 is 0. The largest absolute Gasteiger partial charge is 0.384 e. The van der Waals surface area contributed by atoms with Crippen LogP contribution < -0.4 is 11.1 Å². The monoisotopic (exact) mass is 284 g/mol. The van der Waals surface area contributed by atoms with Crippen molar-refractivity contribution in [3.63, 3.8) is 0 Å². The van der Waals surface area contributed by atoms with Crippen molar-refractivity contribution in [2.45, 2.75) is 25.8 Å². The van der Waals surface area contributed by atoms with Crippen molar-refractivity contribution in [1.29, 1.82) is 5.26 Å². The van der Waals surface area contributed by atoms with E-state index in [0.29, 0.717) is 12.4 Å². The number of nitrogens with zero attached hydrogens (tertiary/aromatic N) is 2. The highest BCUT2D eigenvalue weighted by molar-refractivity contribution is 5.97. The van der Waals surface area contributed by atoms with Crippen LogP contribution >= 0.6 is 0 Å². The summed E-state index contributed by atoms with van der Waals surface area (Å²) in [5, 5.41) is 12.0. The molecule has 1 amide bonds. The van der Waals surface area contributed by atoms with E-state index in [4.69, 9.17) is 5.73 Å². The number of hydrogen-bond donors (Lipinski definition) is 2. The number of nitrogens with two attached hydrogens (primary N) is 1. The predicted octanol–water partition coefficient (Wildman–Crippen LogP) is 1.48. The van der Waals surface area contributed by atoms with E-state index in [2.05, 4.69) is 5.32 Å². The van der Waals surface area contributed by atoms with Crippen LogP contribution in [0.4, 0.5) is 0 Å². The minimum Gasteiger partial charge on any atom is -0.384 e. The molecule has 0 saturated carbocycles. The van der Waals surface area contributed by atoms with Gasteiger partial charge in [0.1, 0.15) is 11.9 Å². The second-order valence-corrected chi connectivity index (χ2v) is 5.09. The standard InChI is InChI=1S/C16H20N4O/c17-11-14(15(18)20-9-5-2-6-10-20)16(21)19-12-13-7-3-1-4-8-13/h1,3-4,7-8H,2,5-6,9-10,12,18H2,(H,19,21)/b15-14+. The first-order chi connectivity index (χ1) is 10.2. The number of nitriles is 1. The second kappa shape index (κ2) is 7.34. The third-order valence-corrected chi connectivity index (χ3v) is 3.59. The molecule has 1 aliphatic rings. The van der Waals surface area contributed by atoms with Crippen LogP contribution in [-0.2, 0) is 11.3 Å². The van der Waals surface area contributed by atoms with E-state index < -0.39 is 5.91 Å². The fourth-order valence-corrected chi connectivity index (χ4v) is 2.38. The van der Waals surface area contributed by atoms with Gasteiger partial charge in [0, 0.05) is 19.6 Å². The van der Waals surface area contributed by atoms with Crippen molar-refractivity contribution in [2.75, 3.05) is 13.1 Å². The molecule has 1 fully saturated rings. The van der Waals surface area contributed by atoms with Gasteiger partial charge in [0.2, 0.25) is 0 Å². The molecule has 0 atom stereocenters. The third-order valence-electron chi connectivity index (χ3n) is 3.59. The van der Waals surface area contributed by atoms with E-state index in [9.17, 15) is 10.1 Å². The molecule has 1 aromatic rings. The topological polar surface area (TPSA) is 82.1 Å². The van der Waals surface area contributed by atoms with Crippen molar-refractivity contribution < 1.29 is 4.79 Å². The summed E-state index contributed by atoms with van der Waals surface area (Å²) in [6.07, 6.45) is 3.27. The quantitative estimate of drug-likeness (QED) is 0.648. The molecule has 2 rings (SSSR count). The number of nitrogens with one attached hydrogen (secondary N) is 1. The average Bonchev–Trinajstić information content (AvgIpc) is 2.55. The van der Waals surface area contributed by atoms with Gasteiger partial charge in [-0.3, -0.25) is 4.79 Å². The zero-order valence-corrected chi connectivity index (χ0v) is 12.0. The van der Waals surface area contributed by atoms with Crippen LogP contribution in [0.1, 0.15) is 24.8 Å². The normalized spacial score (nSPS) is 15.9. The number of benzene rings is 1. The summed E-state index contributed by atoms with van der Waals surface area (Å²) in [6, 6.07) is 11.5. The molecule has 5 heteroatoms. The van der Waals surface area contributed by atoms with Crippen molar-refractivity contribution in [3.05, 3.63) is 47.3 Å². The zero-order valence-electron chi connectivity index (χ0n) is 12.0. The lowest BCUT2D eigenvalue weighted by Crippen LogP contribution is -2.36. The maximum Gasteiger partial charge on any atom is 0.265 e. The minimum atomic E-state index is -0.413. The highest BCUT2D eigenvalue weighted by Gasteiger charge is 2.19. The Hall–Kier alpha value is -2.48. The molecule has 1 aromatic carbocycles. The van der Waals surface area contributed by atoms with Crippen molar-refractivity contribution >= 4 is 5.91 Å². The number of hydrogen-bond acceptors (Lipinski definition) is 4. The minimum absolute atomic E-state index is 0.00725. The van der Waals surface area contributed by atoms with E-state index in [0.717, 1.165) is 31.5 Å². The number of carbonyl (C=O) groups is 1. The Kier molecular flexibility index (Phi) is 5.22. The van der Waals surface area contributed by atoms with Gasteiger partial charge in [-0.05, 0) is 24.8 Å². The number of amides is 1. The number of rotatable bonds is 4. The first kappa shape index (κ1) is 14.9. The molecule has 0 unspecified atom stereocenters. The average molecular weight is 284 g/mol. The highest BCUT2D eigenvalue weighted by atomic mass is 16.1. The van der Waals surface area contributed by atoms with E-state index in [1.165, 1.54) is 6.42 Å². The highest BCUT2D eigenvalue weighted by Crippen LogP contribution is 2.14. The molecule has 1 saturated heterocycles. The number of likely N-dealkylation sites (tertiary alicyclic amines) is 1. The van der Waals surface area contributed by atoms with Gasteiger partial charge in [0.15, 0.2) is 5.57 Å². The lowest BCUT2D eigenvalue weighted by Gasteiger charge is -2.29. The Morgan fingerprint density at radius 2 is 1.90 bits per heavy atom. The predicted molar refractivity (Wildman–Crippen MR) is 80.5 cm³/mol. The fraction of sp³-hybridized carbons (Fsp3) is 0.375. The Morgan fingerprint density at radius 1 is 1.24 bits per heavy atom. The smallest absolute Gasteiger partial charge is 0.265 e. The number of piperidine rings is 1. The summed E-state index contributed by atoms with van der Waals surface area (Å²) in [6.45, 7) is 2.00. The molecule has 1 aliphatic heterocycles. The van der Waals surface area contributed by atoms with E-state index >= 15 is 0 Å². The Labute approximate surface area is 125 Å². The summed E-state index contributed by atoms with van der Waals surface area (Å²) in [4.78, 5) is 14.1. The molecule has 0 bridgehead atoms. The summed E-state index contributed by atoms with van der Waals surface area (Å²) in [5.41, 5.74) is 6.99. The van der Waals surface area contributed by atoms with Crippen molar-refractivity contribution in [1.82, 2.24) is 10.2 Å². The van der Waals surface area contributed by atoms with Gasteiger partial charge in [-0.2, -0.15) is 5.26 Å². The molecule has 0 spiro atoms. The third kappa shape index (κ3) is 3.99. The van der Waals surface area contributed by atoms with Gasteiger partial charge in [-0.25, -0.2) is 0 Å². The van der Waals surface area contributed by atoms with Crippen LogP contribution in [0.3, 0.4) is 0 Å². The molecule has 21 heavy (non-hydrogen) atoms. The summed E-state index contributed by atoms with van der Waals surface area (Å²) in [7, 11) is 0. The van der Waals surface area contributed by atoms with Gasteiger partial charge in [-0.1, -0.05) is 30.3 Å². The Balaban J connectivity index is 2.02. The van der Waals surface area contributed by atoms with Gasteiger partial charge in [0.05, 0.1) is 0 Å². The molecule has 0 aromatic heterocycles. The molecule has 110 valence electrons. The van der Waals surface area contributed by atoms with Crippen LogP contribution in [0, 0.1) is 11.3 Å². The first-order valence-electron chi connectivity index (χ1n) is 7.19. The Morgan fingerprint density at radius 3 is 2.52 bits per heavy atom. The fourth-order valence-electron chi connectivity index (χ4n) is 2.38. The van der Waals surface area contributed by atoms with Crippen LogP contribution in [0.25, 0.3) is 0 Å². The van der Waals surface area contributed by atoms with Crippen LogP contribution in [0.15, 0.2) is 41.7 Å². The van der Waals surface area contributed by atoms with Gasteiger partial charge >= 0.3 is 0 Å². The maximum atomic E-state index is 12.1. The zero-order chi connectivity index (χ0) is 15.1. The SMILES string of the molecule is N#C/C(C(=O)NCc1ccccc1)=C(/N)N1CCCCC1. The summed E-state index contributed by atoms with van der Waals surface area (Å²) >= 11 is 0. The van der Waals surface area contributed by atoms with E-state index in [1.54, 1.807) is 0 Å². The molecular formula is C16H20N4O. The van der Waals surface area contributed by atoms with E-state index in [-0.39, 0.29) is 5.57 Å². The van der Waals surface area contributed by atoms with Crippen molar-refractivity contribution in [2.24, 2.45) is 5.73 Å². The van der Waals surface area contributed by atoms with Crippen molar-refractivity contribution in [3.8, 4) is 6.07 Å².